The highest BCUT2D eigenvalue weighted by atomic mass is 32.2. The van der Waals surface area contributed by atoms with E-state index in [2.05, 4.69) is 46.0 Å². The van der Waals surface area contributed by atoms with Crippen molar-refractivity contribution in [3.8, 4) is 5.95 Å². The van der Waals surface area contributed by atoms with Crippen molar-refractivity contribution in [1.29, 1.82) is 0 Å². The number of primary amides is 1. The van der Waals surface area contributed by atoms with Crippen LogP contribution in [0.25, 0.3) is 5.95 Å². The van der Waals surface area contributed by atoms with Gasteiger partial charge in [0.15, 0.2) is 17.3 Å². The highest BCUT2D eigenvalue weighted by molar-refractivity contribution is 7.86. The van der Waals surface area contributed by atoms with Crippen molar-refractivity contribution in [1.82, 2.24) is 34.5 Å². The zero-order valence-corrected chi connectivity index (χ0v) is 25.3. The van der Waals surface area contributed by atoms with Gasteiger partial charge in [-0.25, -0.2) is 4.68 Å². The molecule has 0 saturated carbocycles. The topological polar surface area (TPSA) is 301 Å². The maximum Gasteiger partial charge on any atom is 0.294 e. The van der Waals surface area contributed by atoms with Crippen molar-refractivity contribution < 1.29 is 30.7 Å². The first kappa shape index (κ1) is 31.6. The van der Waals surface area contributed by atoms with Crippen molar-refractivity contribution in [2.24, 2.45) is 23.0 Å². The molecule has 238 valence electrons. The third-order valence-corrected chi connectivity index (χ3v) is 7.85. The van der Waals surface area contributed by atoms with Gasteiger partial charge in [-0.1, -0.05) is 0 Å². The first-order valence-corrected chi connectivity index (χ1v) is 15.5. The second-order valence-electron chi connectivity index (χ2n) is 9.33. The molecule has 0 unspecified atom stereocenters. The molecule has 46 heavy (non-hydrogen) atoms. The predicted octanol–water partition coefficient (Wildman–Crippen LogP) is 2.18. The molecule has 5 rings (SSSR count). The summed E-state index contributed by atoms with van der Waals surface area (Å²) in [5.41, 5.74) is 12.8. The Morgan fingerprint density at radius 2 is 1.35 bits per heavy atom. The number of anilines is 5. The number of hydrogen-bond donors (Lipinski definition) is 6. The molecule has 3 aromatic heterocycles. The van der Waals surface area contributed by atoms with Crippen molar-refractivity contribution in [2.75, 3.05) is 16.4 Å². The van der Waals surface area contributed by atoms with Crippen molar-refractivity contribution >= 4 is 66.7 Å². The fourth-order valence-electron chi connectivity index (χ4n) is 3.88. The van der Waals surface area contributed by atoms with E-state index in [0.717, 1.165) is 28.9 Å². The number of amides is 1. The molecule has 0 spiro atoms. The molecule has 0 atom stereocenters. The fraction of sp³-hybridized carbons (Fsp3) is 0.0833. The van der Waals surface area contributed by atoms with Gasteiger partial charge in [-0.15, -0.1) is 10.2 Å². The summed E-state index contributed by atoms with van der Waals surface area (Å²) in [5.74, 6) is -0.992. The Morgan fingerprint density at radius 1 is 0.848 bits per heavy atom. The van der Waals surface area contributed by atoms with E-state index in [1.165, 1.54) is 35.1 Å². The molecule has 0 radical (unpaired) electrons. The van der Waals surface area contributed by atoms with Crippen LogP contribution in [0.5, 0.6) is 0 Å². The highest BCUT2D eigenvalue weighted by Crippen LogP contribution is 2.31. The molecule has 0 aliphatic rings. The van der Waals surface area contributed by atoms with Crippen LogP contribution in [0.4, 0.5) is 40.6 Å². The van der Waals surface area contributed by atoms with Crippen molar-refractivity contribution in [3.63, 3.8) is 0 Å². The number of azo groups is 1. The molecule has 0 aliphatic heterocycles. The number of rotatable bonds is 10. The van der Waals surface area contributed by atoms with E-state index in [1.807, 2.05) is 0 Å². The second kappa shape index (κ2) is 11.9. The van der Waals surface area contributed by atoms with E-state index in [1.54, 1.807) is 14.0 Å². The van der Waals surface area contributed by atoms with Crippen LogP contribution < -0.4 is 22.1 Å². The molecule has 20 nitrogen and oxygen atoms in total. The van der Waals surface area contributed by atoms with Gasteiger partial charge >= 0.3 is 0 Å². The van der Waals surface area contributed by atoms with Gasteiger partial charge in [0, 0.05) is 18.4 Å². The molecule has 2 aromatic carbocycles. The van der Waals surface area contributed by atoms with Crippen molar-refractivity contribution in [3.05, 3.63) is 66.0 Å². The van der Waals surface area contributed by atoms with E-state index < -0.39 is 26.1 Å². The molecule has 5 aromatic rings. The average Bonchev–Trinajstić information content (AvgIpc) is 3.49. The Kier molecular flexibility index (Phi) is 8.18. The van der Waals surface area contributed by atoms with E-state index >= 15 is 0 Å². The Morgan fingerprint density at radius 3 is 1.80 bits per heavy atom. The first-order valence-electron chi connectivity index (χ1n) is 12.6. The number of nitrogens with zero attached hydrogens (tertiary/aromatic N) is 9. The van der Waals surface area contributed by atoms with Gasteiger partial charge in [0.1, 0.15) is 5.56 Å². The number of carbonyl (C=O) groups excluding carboxylic acids is 1. The van der Waals surface area contributed by atoms with Gasteiger partial charge in [0.2, 0.25) is 11.9 Å². The number of nitrogens with one attached hydrogen (secondary N) is 2. The average molecular weight is 670 g/mol. The second-order valence-corrected chi connectivity index (χ2v) is 12.2. The number of nitrogens with two attached hydrogens (primary N) is 2. The maximum atomic E-state index is 11.7. The van der Waals surface area contributed by atoms with Crippen LogP contribution >= 0.6 is 0 Å². The minimum Gasteiger partial charge on any atom is -0.382 e. The van der Waals surface area contributed by atoms with Crippen molar-refractivity contribution in [2.45, 2.75) is 16.7 Å². The van der Waals surface area contributed by atoms with Gasteiger partial charge in [-0.3, -0.25) is 13.9 Å². The fourth-order valence-corrected chi connectivity index (χ4v) is 4.84. The molecular formula is C24H23N13O7S2. The van der Waals surface area contributed by atoms with E-state index in [9.17, 15) is 30.7 Å². The van der Waals surface area contributed by atoms with Crippen LogP contribution in [0, 0.1) is 6.92 Å². The van der Waals surface area contributed by atoms with Gasteiger partial charge in [-0.2, -0.15) is 46.7 Å². The van der Waals surface area contributed by atoms with Crippen LogP contribution in [0.3, 0.4) is 0 Å². The summed E-state index contributed by atoms with van der Waals surface area (Å²) < 4.78 is 66.7. The molecule has 0 bridgehead atoms. The van der Waals surface area contributed by atoms with Crippen LogP contribution in [-0.2, 0) is 27.3 Å². The van der Waals surface area contributed by atoms with Gasteiger partial charge in [0.05, 0.1) is 21.7 Å². The number of aryl methyl sites for hydroxylation is 2. The predicted molar refractivity (Wildman–Crippen MR) is 161 cm³/mol. The molecular weight excluding hydrogens is 646 g/mol. The number of benzene rings is 2. The lowest BCUT2D eigenvalue weighted by Gasteiger charge is -2.11. The van der Waals surface area contributed by atoms with Gasteiger partial charge in [-0.05, 0) is 55.5 Å². The number of nitrogen functional groups attached to an aromatic ring is 1. The first-order chi connectivity index (χ1) is 21.6. The van der Waals surface area contributed by atoms with Gasteiger partial charge in [0.25, 0.3) is 32.1 Å². The standard InChI is InChI=1S/C24H23N13O7S2/c1-12-18(33-34-21-17(20(26)38)11-27-36(21)2)19(25)37(35-12)24-31-22(28-13-3-7-15(8-4-13)45(39,40)41)30-23(32-24)29-14-5-9-16(10-6-14)46(42,43)44/h3-11H,25H2,1-2H3,(H2,26,38)(H,39,40,41)(H,42,43,44)(H2,28,29,30,31,32)/b34-33+. The highest BCUT2D eigenvalue weighted by Gasteiger charge is 2.20. The number of hydrogen-bond acceptors (Lipinski definition) is 15. The normalized spacial score (nSPS) is 12.0. The molecule has 0 aliphatic carbocycles. The smallest absolute Gasteiger partial charge is 0.294 e. The lowest BCUT2D eigenvalue weighted by atomic mass is 10.3. The molecule has 3 heterocycles. The minimum absolute atomic E-state index is 0.0352. The number of carbonyl (C=O) groups is 1. The Labute approximate surface area is 259 Å². The van der Waals surface area contributed by atoms with Crippen LogP contribution in [0.1, 0.15) is 16.1 Å². The van der Waals surface area contributed by atoms with Crippen LogP contribution in [-0.4, -0.2) is 66.4 Å². The zero-order valence-electron chi connectivity index (χ0n) is 23.6. The van der Waals surface area contributed by atoms with Crippen LogP contribution in [0.15, 0.2) is 74.7 Å². The minimum atomic E-state index is -4.43. The molecule has 0 fully saturated rings. The third-order valence-electron chi connectivity index (χ3n) is 6.11. The van der Waals surface area contributed by atoms with E-state index in [0.29, 0.717) is 17.1 Å². The Balaban J connectivity index is 1.54. The summed E-state index contributed by atoms with van der Waals surface area (Å²) in [6.45, 7) is 1.59. The molecule has 0 saturated heterocycles. The number of aromatic nitrogens is 7. The van der Waals surface area contributed by atoms with E-state index in [-0.39, 0.29) is 50.5 Å². The Bertz CT molecular complexity index is 2120. The Hall–Kier alpha value is -5.84. The van der Waals surface area contributed by atoms with Gasteiger partial charge < -0.3 is 22.1 Å². The summed E-state index contributed by atoms with van der Waals surface area (Å²) in [5, 5.41) is 22.3. The summed E-state index contributed by atoms with van der Waals surface area (Å²) >= 11 is 0. The molecule has 1 amide bonds. The largest absolute Gasteiger partial charge is 0.382 e. The zero-order chi connectivity index (χ0) is 33.4. The van der Waals surface area contributed by atoms with E-state index in [4.69, 9.17) is 11.5 Å². The SMILES string of the molecule is Cc1nn(-c2nc(Nc3ccc(S(=O)(=O)O)cc3)nc(Nc3ccc(S(=O)(=O)O)cc3)n2)c(N)c1/N=N/c1c(C(N)=O)cnn1C. The maximum absolute atomic E-state index is 11.7. The summed E-state index contributed by atoms with van der Waals surface area (Å²) in [4.78, 5) is 24.1. The monoisotopic (exact) mass is 669 g/mol. The quantitative estimate of drug-likeness (QED) is 0.0917. The summed E-state index contributed by atoms with van der Waals surface area (Å²) in [6, 6.07) is 10.1. The molecule has 22 heteroatoms. The van der Waals surface area contributed by atoms with Crippen LogP contribution in [0.2, 0.25) is 0 Å². The summed E-state index contributed by atoms with van der Waals surface area (Å²) in [7, 11) is -7.31. The summed E-state index contributed by atoms with van der Waals surface area (Å²) in [6.07, 6.45) is 1.25. The third kappa shape index (κ3) is 6.78. The molecule has 8 N–H and O–H groups in total. The lowest BCUT2D eigenvalue weighted by Crippen LogP contribution is -2.12. The lowest BCUT2D eigenvalue weighted by molar-refractivity contribution is 0.100.